The van der Waals surface area contributed by atoms with Crippen LogP contribution in [0.1, 0.15) is 19.0 Å². The van der Waals surface area contributed by atoms with Gasteiger partial charge in [0.2, 0.25) is 5.91 Å². The van der Waals surface area contributed by atoms with E-state index in [1.54, 1.807) is 13.1 Å². The first kappa shape index (κ1) is 11.0. The average molecular weight is 213 g/mol. The Morgan fingerprint density at radius 1 is 1.64 bits per heavy atom. The Balaban J connectivity index is 2.31. The Hall–Kier alpha value is -1.09. The Morgan fingerprint density at radius 3 is 3.00 bits per heavy atom. The molecule has 1 aromatic rings. The number of alkyl halides is 1. The average Bonchev–Trinajstić information content (AvgIpc) is 2.15. The minimum absolute atomic E-state index is 0.0434. The van der Waals surface area contributed by atoms with Gasteiger partial charge >= 0.3 is 0 Å². The first-order valence-corrected chi connectivity index (χ1v) is 4.93. The van der Waals surface area contributed by atoms with Crippen molar-refractivity contribution in [3.05, 3.63) is 30.1 Å². The van der Waals surface area contributed by atoms with Crippen LogP contribution in [0, 0.1) is 0 Å². The lowest BCUT2D eigenvalue weighted by Gasteiger charge is -2.05. The molecule has 1 amide bonds. The van der Waals surface area contributed by atoms with Gasteiger partial charge in [0.05, 0.1) is 12.2 Å². The number of carbonyl (C=O) groups is 1. The van der Waals surface area contributed by atoms with Crippen molar-refractivity contribution in [2.24, 2.45) is 0 Å². The molecule has 1 atom stereocenters. The van der Waals surface area contributed by atoms with Crippen LogP contribution in [-0.4, -0.2) is 16.3 Å². The molecule has 0 bridgehead atoms. The molecule has 4 heteroatoms. The molecule has 14 heavy (non-hydrogen) atoms. The summed E-state index contributed by atoms with van der Waals surface area (Å²) in [6.45, 7) is 2.26. The van der Waals surface area contributed by atoms with Crippen molar-refractivity contribution in [3.8, 4) is 0 Å². The Labute approximate surface area is 88.5 Å². The zero-order valence-electron chi connectivity index (χ0n) is 8.03. The summed E-state index contributed by atoms with van der Waals surface area (Å²) in [6, 6.07) is 5.59. The van der Waals surface area contributed by atoms with E-state index < -0.39 is 0 Å². The number of nitrogens with zero attached hydrogens (tertiary/aromatic N) is 1. The van der Waals surface area contributed by atoms with Crippen LogP contribution in [0.15, 0.2) is 24.4 Å². The molecular formula is C10H13ClN2O. The molecular weight excluding hydrogens is 200 g/mol. The van der Waals surface area contributed by atoms with Crippen molar-refractivity contribution in [2.75, 3.05) is 0 Å². The lowest BCUT2D eigenvalue weighted by Crippen LogP contribution is -2.24. The molecule has 0 spiro atoms. The lowest BCUT2D eigenvalue weighted by molar-refractivity contribution is -0.121. The minimum Gasteiger partial charge on any atom is -0.350 e. The number of rotatable bonds is 4. The second-order valence-corrected chi connectivity index (χ2v) is 3.83. The fourth-order valence-corrected chi connectivity index (χ4v) is 1.16. The normalized spacial score (nSPS) is 12.1. The van der Waals surface area contributed by atoms with Crippen molar-refractivity contribution in [2.45, 2.75) is 25.3 Å². The maximum Gasteiger partial charge on any atom is 0.221 e. The van der Waals surface area contributed by atoms with Crippen LogP contribution < -0.4 is 5.32 Å². The highest BCUT2D eigenvalue weighted by Gasteiger charge is 2.05. The predicted molar refractivity (Wildman–Crippen MR) is 56.0 cm³/mol. The molecule has 1 N–H and O–H groups in total. The summed E-state index contributed by atoms with van der Waals surface area (Å²) < 4.78 is 0. The van der Waals surface area contributed by atoms with Gasteiger partial charge in [-0.05, 0) is 19.1 Å². The fourth-order valence-electron chi connectivity index (χ4n) is 1.02. The Kier molecular flexibility index (Phi) is 4.40. The van der Waals surface area contributed by atoms with E-state index in [-0.39, 0.29) is 11.3 Å². The Morgan fingerprint density at radius 2 is 2.43 bits per heavy atom. The van der Waals surface area contributed by atoms with Crippen molar-refractivity contribution in [3.63, 3.8) is 0 Å². The summed E-state index contributed by atoms with van der Waals surface area (Å²) >= 11 is 5.68. The molecule has 0 aliphatic carbocycles. The zero-order valence-corrected chi connectivity index (χ0v) is 8.79. The van der Waals surface area contributed by atoms with E-state index in [0.717, 1.165) is 5.69 Å². The molecule has 3 nitrogen and oxygen atoms in total. The number of halogens is 1. The molecule has 0 aromatic carbocycles. The van der Waals surface area contributed by atoms with Gasteiger partial charge in [-0.2, -0.15) is 0 Å². The number of aromatic nitrogens is 1. The highest BCUT2D eigenvalue weighted by Crippen LogP contribution is 1.99. The molecule has 1 rings (SSSR count). The molecule has 76 valence electrons. The number of nitrogens with one attached hydrogen (secondary N) is 1. The van der Waals surface area contributed by atoms with Crippen LogP contribution >= 0.6 is 11.6 Å². The van der Waals surface area contributed by atoms with Gasteiger partial charge in [0.25, 0.3) is 0 Å². The first-order valence-electron chi connectivity index (χ1n) is 4.49. The van der Waals surface area contributed by atoms with Gasteiger partial charge in [-0.1, -0.05) is 6.07 Å². The Bertz CT molecular complexity index is 287. The van der Waals surface area contributed by atoms with Crippen LogP contribution in [-0.2, 0) is 11.3 Å². The van der Waals surface area contributed by atoms with E-state index in [1.165, 1.54) is 0 Å². The van der Waals surface area contributed by atoms with E-state index in [0.29, 0.717) is 13.0 Å². The molecule has 0 fully saturated rings. The number of hydrogen-bond acceptors (Lipinski definition) is 2. The van der Waals surface area contributed by atoms with Crippen LogP contribution in [0.25, 0.3) is 0 Å². The number of amides is 1. The van der Waals surface area contributed by atoms with Gasteiger partial charge in [-0.25, -0.2) is 0 Å². The second kappa shape index (κ2) is 5.60. The van der Waals surface area contributed by atoms with E-state index >= 15 is 0 Å². The molecule has 0 radical (unpaired) electrons. The summed E-state index contributed by atoms with van der Waals surface area (Å²) in [5.74, 6) is -0.0434. The van der Waals surface area contributed by atoms with Gasteiger partial charge in [-0.15, -0.1) is 11.6 Å². The van der Waals surface area contributed by atoms with Crippen LogP contribution in [0.5, 0.6) is 0 Å². The molecule has 0 aliphatic heterocycles. The van der Waals surface area contributed by atoms with Gasteiger partial charge in [0.15, 0.2) is 0 Å². The standard InChI is InChI=1S/C10H13ClN2O/c1-8(11)6-10(14)13-7-9-4-2-3-5-12-9/h2-5,8H,6-7H2,1H3,(H,13,14). The quantitative estimate of drug-likeness (QED) is 0.773. The molecule has 1 unspecified atom stereocenters. The smallest absolute Gasteiger partial charge is 0.221 e. The number of hydrogen-bond donors (Lipinski definition) is 1. The fraction of sp³-hybridized carbons (Fsp3) is 0.400. The van der Waals surface area contributed by atoms with Gasteiger partial charge in [0, 0.05) is 18.0 Å². The summed E-state index contributed by atoms with van der Waals surface area (Å²) in [6.07, 6.45) is 2.04. The van der Waals surface area contributed by atoms with Crippen molar-refractivity contribution < 1.29 is 4.79 Å². The third-order valence-electron chi connectivity index (χ3n) is 1.66. The SMILES string of the molecule is CC(Cl)CC(=O)NCc1ccccn1. The topological polar surface area (TPSA) is 42.0 Å². The summed E-state index contributed by atoms with van der Waals surface area (Å²) in [4.78, 5) is 15.3. The van der Waals surface area contributed by atoms with Gasteiger partial charge in [0.1, 0.15) is 0 Å². The highest BCUT2D eigenvalue weighted by molar-refractivity contribution is 6.21. The summed E-state index contributed by atoms with van der Waals surface area (Å²) in [5.41, 5.74) is 0.850. The molecule has 1 heterocycles. The third kappa shape index (κ3) is 4.23. The molecule has 0 aliphatic rings. The first-order chi connectivity index (χ1) is 6.68. The number of pyridine rings is 1. The van der Waals surface area contributed by atoms with E-state index in [4.69, 9.17) is 11.6 Å². The van der Waals surface area contributed by atoms with E-state index in [1.807, 2.05) is 18.2 Å². The maximum absolute atomic E-state index is 11.2. The molecule has 0 saturated carbocycles. The third-order valence-corrected chi connectivity index (χ3v) is 1.81. The van der Waals surface area contributed by atoms with Crippen LogP contribution in [0.4, 0.5) is 0 Å². The zero-order chi connectivity index (χ0) is 10.4. The van der Waals surface area contributed by atoms with E-state index in [2.05, 4.69) is 10.3 Å². The van der Waals surface area contributed by atoms with Crippen molar-refractivity contribution in [1.29, 1.82) is 0 Å². The summed E-state index contributed by atoms with van der Waals surface area (Å²) in [5, 5.41) is 2.62. The monoisotopic (exact) mass is 212 g/mol. The van der Waals surface area contributed by atoms with Crippen molar-refractivity contribution >= 4 is 17.5 Å². The van der Waals surface area contributed by atoms with Gasteiger partial charge < -0.3 is 5.32 Å². The van der Waals surface area contributed by atoms with Gasteiger partial charge in [-0.3, -0.25) is 9.78 Å². The van der Waals surface area contributed by atoms with Crippen LogP contribution in [0.3, 0.4) is 0 Å². The van der Waals surface area contributed by atoms with Crippen LogP contribution in [0.2, 0.25) is 0 Å². The summed E-state index contributed by atoms with van der Waals surface area (Å²) in [7, 11) is 0. The maximum atomic E-state index is 11.2. The number of carbonyl (C=O) groups excluding carboxylic acids is 1. The molecule has 1 aromatic heterocycles. The largest absolute Gasteiger partial charge is 0.350 e. The lowest BCUT2D eigenvalue weighted by atomic mass is 10.3. The van der Waals surface area contributed by atoms with E-state index in [9.17, 15) is 4.79 Å². The second-order valence-electron chi connectivity index (χ2n) is 3.08. The highest BCUT2D eigenvalue weighted by atomic mass is 35.5. The minimum atomic E-state index is -0.126. The molecule has 0 saturated heterocycles. The van der Waals surface area contributed by atoms with Crippen molar-refractivity contribution in [1.82, 2.24) is 10.3 Å². The predicted octanol–water partition coefficient (Wildman–Crippen LogP) is 1.72.